The molecule has 4 nitrogen and oxygen atoms in total. The Labute approximate surface area is 81.8 Å². The Kier molecular flexibility index (Phi) is 4.49. The number of nitrogens with zero attached hydrogens (tertiary/aromatic N) is 2. The van der Waals surface area contributed by atoms with Crippen molar-refractivity contribution in [2.24, 2.45) is 0 Å². The lowest BCUT2D eigenvalue weighted by Gasteiger charge is -2.02. The Morgan fingerprint density at radius 3 is 2.77 bits per heavy atom. The summed E-state index contributed by atoms with van der Waals surface area (Å²) in [5, 5.41) is 7.73. The van der Waals surface area contributed by atoms with Gasteiger partial charge in [0.25, 0.3) is 0 Å². The van der Waals surface area contributed by atoms with Gasteiger partial charge in [0, 0.05) is 26.2 Å². The Morgan fingerprint density at radius 1 is 1.31 bits per heavy atom. The fourth-order valence-electron chi connectivity index (χ4n) is 0.761. The first-order valence-electron chi connectivity index (χ1n) is 3.94. The zero-order valence-corrected chi connectivity index (χ0v) is 8.12. The average molecular weight is 203 g/mol. The second-order valence-electron chi connectivity index (χ2n) is 2.39. The van der Waals surface area contributed by atoms with E-state index < -0.39 is 0 Å². The topological polar surface area (TPSA) is 44.2 Å². The van der Waals surface area contributed by atoms with Crippen LogP contribution in [0.5, 0.6) is 5.88 Å². The van der Waals surface area contributed by atoms with E-state index in [2.05, 4.69) is 10.2 Å². The van der Waals surface area contributed by atoms with Gasteiger partial charge in [-0.1, -0.05) is 11.6 Å². The van der Waals surface area contributed by atoms with Gasteiger partial charge in [0.15, 0.2) is 5.15 Å². The molecule has 13 heavy (non-hydrogen) atoms. The zero-order valence-electron chi connectivity index (χ0n) is 7.36. The third-order valence-electron chi connectivity index (χ3n) is 1.35. The Hall–Kier alpha value is -0.870. The first-order chi connectivity index (χ1) is 6.33. The largest absolute Gasteiger partial charge is 0.477 e. The minimum Gasteiger partial charge on any atom is -0.477 e. The number of methoxy groups -OCH3 is 1. The summed E-state index contributed by atoms with van der Waals surface area (Å²) in [5.41, 5.74) is 0. The number of rotatable bonds is 5. The predicted octanol–water partition coefficient (Wildman–Crippen LogP) is 1.55. The summed E-state index contributed by atoms with van der Waals surface area (Å²) >= 11 is 5.55. The molecule has 0 saturated heterocycles. The molecular formula is C8H11ClN2O2. The van der Waals surface area contributed by atoms with Crippen LogP contribution < -0.4 is 4.74 Å². The quantitative estimate of drug-likeness (QED) is 0.680. The normalized spacial score (nSPS) is 10.0. The van der Waals surface area contributed by atoms with E-state index in [1.54, 1.807) is 19.2 Å². The predicted molar refractivity (Wildman–Crippen MR) is 49.0 cm³/mol. The lowest BCUT2D eigenvalue weighted by Crippen LogP contribution is -2.02. The Balaban J connectivity index is 2.25. The van der Waals surface area contributed by atoms with Crippen molar-refractivity contribution in [3.05, 3.63) is 17.3 Å². The molecule has 0 aromatic carbocycles. The lowest BCUT2D eigenvalue weighted by molar-refractivity contribution is 0.170. The van der Waals surface area contributed by atoms with Crippen molar-refractivity contribution < 1.29 is 9.47 Å². The number of aromatic nitrogens is 2. The van der Waals surface area contributed by atoms with Gasteiger partial charge >= 0.3 is 0 Å². The van der Waals surface area contributed by atoms with Crippen LogP contribution in [0, 0.1) is 0 Å². The third kappa shape index (κ3) is 4.05. The lowest BCUT2D eigenvalue weighted by atomic mass is 10.5. The van der Waals surface area contributed by atoms with Crippen LogP contribution in [0.3, 0.4) is 0 Å². The van der Waals surface area contributed by atoms with Crippen molar-refractivity contribution in [2.45, 2.75) is 6.42 Å². The number of hydrogen-bond donors (Lipinski definition) is 0. The molecule has 0 bridgehead atoms. The molecule has 0 unspecified atom stereocenters. The Bertz CT molecular complexity index is 240. The van der Waals surface area contributed by atoms with E-state index in [-0.39, 0.29) is 0 Å². The highest BCUT2D eigenvalue weighted by Gasteiger charge is 1.95. The molecule has 72 valence electrons. The summed E-state index contributed by atoms with van der Waals surface area (Å²) in [6.45, 7) is 1.26. The molecule has 0 spiro atoms. The maximum Gasteiger partial charge on any atom is 0.233 e. The van der Waals surface area contributed by atoms with Crippen LogP contribution in [0.15, 0.2) is 12.1 Å². The molecule has 1 aromatic heterocycles. The van der Waals surface area contributed by atoms with Crippen molar-refractivity contribution in [1.29, 1.82) is 0 Å². The van der Waals surface area contributed by atoms with Gasteiger partial charge in [-0.05, 0) is 6.07 Å². The molecule has 0 amide bonds. The monoisotopic (exact) mass is 202 g/mol. The van der Waals surface area contributed by atoms with E-state index in [0.29, 0.717) is 24.2 Å². The average Bonchev–Trinajstić information content (AvgIpc) is 2.15. The minimum absolute atomic E-state index is 0.365. The molecule has 0 aliphatic carbocycles. The van der Waals surface area contributed by atoms with Crippen LogP contribution in [0.1, 0.15) is 6.42 Å². The highest BCUT2D eigenvalue weighted by Crippen LogP contribution is 2.08. The van der Waals surface area contributed by atoms with Gasteiger partial charge in [-0.25, -0.2) is 0 Å². The molecule has 0 aliphatic rings. The number of hydrogen-bond acceptors (Lipinski definition) is 4. The van der Waals surface area contributed by atoms with Crippen molar-refractivity contribution in [1.82, 2.24) is 10.2 Å². The van der Waals surface area contributed by atoms with E-state index in [9.17, 15) is 0 Å². The third-order valence-corrected chi connectivity index (χ3v) is 1.55. The summed E-state index contributed by atoms with van der Waals surface area (Å²) in [4.78, 5) is 0. The summed E-state index contributed by atoms with van der Waals surface area (Å²) in [7, 11) is 1.65. The van der Waals surface area contributed by atoms with Crippen LogP contribution in [0.25, 0.3) is 0 Å². The molecule has 0 aliphatic heterocycles. The summed E-state index contributed by atoms with van der Waals surface area (Å²) in [5.74, 6) is 0.487. The molecular weight excluding hydrogens is 192 g/mol. The van der Waals surface area contributed by atoms with Gasteiger partial charge in [-0.2, -0.15) is 0 Å². The van der Waals surface area contributed by atoms with E-state index in [4.69, 9.17) is 21.1 Å². The van der Waals surface area contributed by atoms with Gasteiger partial charge in [-0.3, -0.25) is 0 Å². The molecule has 0 N–H and O–H groups in total. The number of ether oxygens (including phenoxy) is 2. The minimum atomic E-state index is 0.365. The van der Waals surface area contributed by atoms with E-state index in [1.165, 1.54) is 0 Å². The van der Waals surface area contributed by atoms with Crippen LogP contribution in [-0.4, -0.2) is 30.5 Å². The molecule has 0 saturated carbocycles. The standard InChI is InChI=1S/C8H11ClN2O2/c1-12-5-2-6-13-8-4-3-7(9)10-11-8/h3-4H,2,5-6H2,1H3. The Morgan fingerprint density at radius 2 is 2.15 bits per heavy atom. The molecule has 0 fully saturated rings. The van der Waals surface area contributed by atoms with Crippen LogP contribution in [0.2, 0.25) is 5.15 Å². The second-order valence-corrected chi connectivity index (χ2v) is 2.78. The second kappa shape index (κ2) is 5.72. The fourth-order valence-corrected chi connectivity index (χ4v) is 0.862. The smallest absolute Gasteiger partial charge is 0.233 e. The molecule has 5 heteroatoms. The van der Waals surface area contributed by atoms with Crippen molar-refractivity contribution >= 4 is 11.6 Å². The van der Waals surface area contributed by atoms with Gasteiger partial charge in [0.2, 0.25) is 5.88 Å². The van der Waals surface area contributed by atoms with E-state index in [0.717, 1.165) is 6.42 Å². The summed E-state index contributed by atoms with van der Waals surface area (Å²) < 4.78 is 10.1. The molecule has 0 atom stereocenters. The van der Waals surface area contributed by atoms with Crippen molar-refractivity contribution in [2.75, 3.05) is 20.3 Å². The van der Waals surface area contributed by atoms with Crippen LogP contribution >= 0.6 is 11.6 Å². The number of halogens is 1. The van der Waals surface area contributed by atoms with Gasteiger partial charge < -0.3 is 9.47 Å². The van der Waals surface area contributed by atoms with Crippen molar-refractivity contribution in [3.8, 4) is 5.88 Å². The highest BCUT2D eigenvalue weighted by atomic mass is 35.5. The molecule has 1 heterocycles. The van der Waals surface area contributed by atoms with Crippen molar-refractivity contribution in [3.63, 3.8) is 0 Å². The van der Waals surface area contributed by atoms with Crippen LogP contribution in [0.4, 0.5) is 0 Å². The first-order valence-corrected chi connectivity index (χ1v) is 4.31. The highest BCUT2D eigenvalue weighted by molar-refractivity contribution is 6.29. The van der Waals surface area contributed by atoms with E-state index >= 15 is 0 Å². The first kappa shape index (κ1) is 10.2. The summed E-state index contributed by atoms with van der Waals surface area (Å²) in [6.07, 6.45) is 0.834. The fraction of sp³-hybridized carbons (Fsp3) is 0.500. The van der Waals surface area contributed by atoms with Crippen LogP contribution in [-0.2, 0) is 4.74 Å². The molecule has 1 rings (SSSR count). The van der Waals surface area contributed by atoms with Gasteiger partial charge in [0.05, 0.1) is 6.61 Å². The maximum absolute atomic E-state index is 5.55. The summed E-state index contributed by atoms with van der Waals surface area (Å²) in [6, 6.07) is 3.32. The zero-order chi connectivity index (χ0) is 9.52. The van der Waals surface area contributed by atoms with Gasteiger partial charge in [0.1, 0.15) is 0 Å². The van der Waals surface area contributed by atoms with Gasteiger partial charge in [-0.15, -0.1) is 10.2 Å². The molecule has 1 aromatic rings. The molecule has 0 radical (unpaired) electrons. The SMILES string of the molecule is COCCCOc1ccc(Cl)nn1. The van der Waals surface area contributed by atoms with E-state index in [1.807, 2.05) is 0 Å². The maximum atomic E-state index is 5.55.